The molecule has 0 unspecified atom stereocenters. The van der Waals surface area contributed by atoms with Gasteiger partial charge in [0.1, 0.15) is 12.1 Å². The van der Waals surface area contributed by atoms with Crippen molar-refractivity contribution in [2.45, 2.75) is 83.0 Å². The van der Waals surface area contributed by atoms with Crippen molar-refractivity contribution in [3.63, 3.8) is 0 Å². The molecule has 7 nitrogen and oxygen atoms in total. The standard InChI is InChI=1S/C17H28N2O5/c1-3-6-12(16(21)22)18-10(2)15(20)19-13-8-5-4-7-11(13)9-14(19)17(23)24/h10-14,18H,3-9H2,1-2H3,(H,21,22)(H,23,24)/t10-,11+,12+,13-,14+/m1/s1. The van der Waals surface area contributed by atoms with E-state index >= 15 is 0 Å². The number of carboxylic acids is 2. The van der Waals surface area contributed by atoms with Crippen LogP contribution in [0.2, 0.25) is 0 Å². The molecule has 0 spiro atoms. The van der Waals surface area contributed by atoms with Crippen LogP contribution in [0.5, 0.6) is 0 Å². The van der Waals surface area contributed by atoms with Crippen LogP contribution in [0.15, 0.2) is 0 Å². The van der Waals surface area contributed by atoms with E-state index in [9.17, 15) is 24.6 Å². The number of aliphatic carboxylic acids is 2. The Morgan fingerprint density at radius 3 is 2.46 bits per heavy atom. The molecule has 1 aliphatic carbocycles. The Balaban J connectivity index is 2.12. The van der Waals surface area contributed by atoms with E-state index in [2.05, 4.69) is 5.32 Å². The van der Waals surface area contributed by atoms with Crippen LogP contribution in [-0.2, 0) is 14.4 Å². The average molecular weight is 340 g/mol. The molecule has 1 aliphatic heterocycles. The van der Waals surface area contributed by atoms with Crippen LogP contribution in [-0.4, -0.2) is 57.1 Å². The first kappa shape index (κ1) is 18.7. The number of hydrogen-bond donors (Lipinski definition) is 3. The van der Waals surface area contributed by atoms with Crippen molar-refractivity contribution < 1.29 is 24.6 Å². The topological polar surface area (TPSA) is 107 Å². The first-order valence-electron chi connectivity index (χ1n) is 8.90. The number of carboxylic acid groups (broad SMARTS) is 2. The van der Waals surface area contributed by atoms with Gasteiger partial charge in [-0.05, 0) is 38.5 Å². The van der Waals surface area contributed by atoms with Crippen molar-refractivity contribution in [2.75, 3.05) is 0 Å². The van der Waals surface area contributed by atoms with Gasteiger partial charge in [0.05, 0.1) is 6.04 Å². The lowest BCUT2D eigenvalue weighted by Gasteiger charge is -2.35. The molecule has 5 atom stereocenters. The van der Waals surface area contributed by atoms with Crippen LogP contribution in [0.3, 0.4) is 0 Å². The van der Waals surface area contributed by atoms with Crippen molar-refractivity contribution in [1.82, 2.24) is 10.2 Å². The third-order valence-corrected chi connectivity index (χ3v) is 5.32. The molecule has 0 bridgehead atoms. The number of rotatable bonds is 7. The molecular weight excluding hydrogens is 312 g/mol. The summed E-state index contributed by atoms with van der Waals surface area (Å²) in [4.78, 5) is 37.3. The lowest BCUT2D eigenvalue weighted by molar-refractivity contribution is -0.151. The second kappa shape index (κ2) is 7.96. The maximum Gasteiger partial charge on any atom is 0.326 e. The molecule has 2 aliphatic rings. The van der Waals surface area contributed by atoms with Crippen molar-refractivity contribution >= 4 is 17.8 Å². The third-order valence-electron chi connectivity index (χ3n) is 5.32. The van der Waals surface area contributed by atoms with E-state index < -0.39 is 30.1 Å². The summed E-state index contributed by atoms with van der Waals surface area (Å²) in [5, 5.41) is 21.6. The van der Waals surface area contributed by atoms with E-state index in [1.807, 2.05) is 6.92 Å². The van der Waals surface area contributed by atoms with E-state index in [-0.39, 0.29) is 17.9 Å². The summed E-state index contributed by atoms with van der Waals surface area (Å²) in [5.41, 5.74) is 0. The smallest absolute Gasteiger partial charge is 0.326 e. The van der Waals surface area contributed by atoms with Crippen molar-refractivity contribution in [3.05, 3.63) is 0 Å². The predicted octanol–water partition coefficient (Wildman–Crippen LogP) is 1.46. The van der Waals surface area contributed by atoms with Crippen LogP contribution >= 0.6 is 0 Å². The highest BCUT2D eigenvalue weighted by molar-refractivity contribution is 5.88. The minimum Gasteiger partial charge on any atom is -0.480 e. The quantitative estimate of drug-likeness (QED) is 0.648. The fourth-order valence-corrected chi connectivity index (χ4v) is 4.16. The summed E-state index contributed by atoms with van der Waals surface area (Å²) in [6, 6.07) is -2.31. The summed E-state index contributed by atoms with van der Waals surface area (Å²) in [7, 11) is 0. The van der Waals surface area contributed by atoms with Gasteiger partial charge in [-0.25, -0.2) is 4.79 Å². The Morgan fingerprint density at radius 1 is 1.21 bits per heavy atom. The Hall–Kier alpha value is -1.63. The zero-order chi connectivity index (χ0) is 17.9. The number of carbonyl (C=O) groups is 3. The largest absolute Gasteiger partial charge is 0.480 e. The van der Waals surface area contributed by atoms with Gasteiger partial charge in [-0.15, -0.1) is 0 Å². The molecule has 1 amide bonds. The van der Waals surface area contributed by atoms with Crippen LogP contribution in [0.25, 0.3) is 0 Å². The molecular formula is C17H28N2O5. The number of hydrogen-bond acceptors (Lipinski definition) is 4. The molecule has 24 heavy (non-hydrogen) atoms. The average Bonchev–Trinajstić information content (AvgIpc) is 2.93. The maximum atomic E-state index is 12.9. The third kappa shape index (κ3) is 3.88. The van der Waals surface area contributed by atoms with Crippen LogP contribution in [0.4, 0.5) is 0 Å². The van der Waals surface area contributed by atoms with E-state index in [4.69, 9.17) is 0 Å². The summed E-state index contributed by atoms with van der Waals surface area (Å²) in [5.74, 6) is -1.99. The minimum atomic E-state index is -0.983. The minimum absolute atomic E-state index is 0.0222. The highest BCUT2D eigenvalue weighted by Crippen LogP contribution is 2.40. The number of carbonyl (C=O) groups excluding carboxylic acids is 1. The van der Waals surface area contributed by atoms with Gasteiger partial charge in [0.15, 0.2) is 0 Å². The fraction of sp³-hybridized carbons (Fsp3) is 0.824. The lowest BCUT2D eigenvalue weighted by Crippen LogP contribution is -2.55. The highest BCUT2D eigenvalue weighted by Gasteiger charge is 2.48. The van der Waals surface area contributed by atoms with Gasteiger partial charge in [0.2, 0.25) is 5.91 Å². The zero-order valence-corrected chi connectivity index (χ0v) is 14.4. The number of nitrogens with zero attached hydrogens (tertiary/aromatic N) is 1. The molecule has 0 aromatic rings. The zero-order valence-electron chi connectivity index (χ0n) is 14.4. The summed E-state index contributed by atoms with van der Waals surface area (Å²) in [6.45, 7) is 3.51. The lowest BCUT2D eigenvalue weighted by atomic mass is 9.84. The predicted molar refractivity (Wildman–Crippen MR) is 87.6 cm³/mol. The fourth-order valence-electron chi connectivity index (χ4n) is 4.16. The molecule has 1 saturated carbocycles. The van der Waals surface area contributed by atoms with Gasteiger partial charge >= 0.3 is 11.9 Å². The second-order valence-corrected chi connectivity index (χ2v) is 7.01. The van der Waals surface area contributed by atoms with E-state index in [1.165, 1.54) is 4.90 Å². The van der Waals surface area contributed by atoms with Crippen molar-refractivity contribution in [2.24, 2.45) is 5.92 Å². The molecule has 0 aromatic heterocycles. The van der Waals surface area contributed by atoms with Crippen molar-refractivity contribution in [1.29, 1.82) is 0 Å². The number of fused-ring (bicyclic) bond motifs is 1. The molecule has 2 fully saturated rings. The van der Waals surface area contributed by atoms with Gasteiger partial charge in [-0.1, -0.05) is 26.2 Å². The first-order valence-corrected chi connectivity index (χ1v) is 8.90. The van der Waals surface area contributed by atoms with Crippen LogP contribution in [0.1, 0.15) is 58.8 Å². The molecule has 0 radical (unpaired) electrons. The molecule has 1 saturated heterocycles. The monoisotopic (exact) mass is 340 g/mol. The van der Waals surface area contributed by atoms with Crippen molar-refractivity contribution in [3.8, 4) is 0 Å². The molecule has 0 aromatic carbocycles. The molecule has 7 heteroatoms. The van der Waals surface area contributed by atoms with Crippen LogP contribution < -0.4 is 5.32 Å². The highest BCUT2D eigenvalue weighted by atomic mass is 16.4. The van der Waals surface area contributed by atoms with Crippen LogP contribution in [0, 0.1) is 5.92 Å². The first-order chi connectivity index (χ1) is 11.4. The summed E-state index contributed by atoms with van der Waals surface area (Å²) < 4.78 is 0. The van der Waals surface area contributed by atoms with E-state index in [0.717, 1.165) is 25.7 Å². The van der Waals surface area contributed by atoms with E-state index in [0.29, 0.717) is 19.3 Å². The van der Waals surface area contributed by atoms with E-state index in [1.54, 1.807) is 6.92 Å². The molecule has 1 heterocycles. The number of likely N-dealkylation sites (tertiary alicyclic amines) is 1. The summed E-state index contributed by atoms with van der Waals surface area (Å²) in [6.07, 6.45) is 5.53. The SMILES string of the molecule is CCC[C@H](N[C@H](C)C(=O)N1[C@@H]2CCCC[C@H]2C[C@H]1C(=O)O)C(=O)O. The molecule has 136 valence electrons. The Morgan fingerprint density at radius 2 is 1.88 bits per heavy atom. The van der Waals surface area contributed by atoms with Gasteiger partial charge < -0.3 is 15.1 Å². The van der Waals surface area contributed by atoms with Gasteiger partial charge in [0, 0.05) is 6.04 Å². The number of amides is 1. The van der Waals surface area contributed by atoms with Gasteiger partial charge in [0.25, 0.3) is 0 Å². The number of nitrogens with one attached hydrogen (secondary N) is 1. The Labute approximate surface area is 142 Å². The second-order valence-electron chi connectivity index (χ2n) is 7.01. The molecule has 2 rings (SSSR count). The Bertz CT molecular complexity index is 495. The maximum absolute atomic E-state index is 12.9. The summed E-state index contributed by atoms with van der Waals surface area (Å²) >= 11 is 0. The Kier molecular flexibility index (Phi) is 6.21. The van der Waals surface area contributed by atoms with Gasteiger partial charge in [-0.2, -0.15) is 0 Å². The normalized spacial score (nSPS) is 28.9. The van der Waals surface area contributed by atoms with Gasteiger partial charge in [-0.3, -0.25) is 14.9 Å². The molecule has 3 N–H and O–H groups in total.